The third-order valence-electron chi connectivity index (χ3n) is 10.6. The molecule has 0 aliphatic rings. The number of nitrogens with one attached hydrogen (secondary N) is 5. The Kier molecular flexibility index (Phi) is 56.9. The number of amides is 4. The monoisotopic (exact) mass is 1410 g/mol. The molecule has 0 saturated heterocycles. The molecule has 7 rings (SSSR count). The highest BCUT2D eigenvalue weighted by atomic mass is 128. The molecular weight excluding hydrogens is 1310 g/mol. The summed E-state index contributed by atoms with van der Waals surface area (Å²) in [6.45, 7) is 36.5. The van der Waals surface area contributed by atoms with Crippen molar-refractivity contribution in [3.05, 3.63) is 189 Å². The number of anilines is 2. The van der Waals surface area contributed by atoms with E-state index in [0.717, 1.165) is 67.6 Å². The molecule has 2 atom stereocenters. The fourth-order valence-electron chi connectivity index (χ4n) is 6.71. The number of aliphatic imine (C=N–C) groups is 1. The number of halogens is 2. The van der Waals surface area contributed by atoms with E-state index in [0.29, 0.717) is 31.2 Å². The Balaban J connectivity index is -0.000000489. The highest BCUT2D eigenvalue weighted by molar-refractivity contribution is 15.0. The average molecular weight is 1410 g/mol. The van der Waals surface area contributed by atoms with Crippen LogP contribution in [-0.2, 0) is 30.5 Å². The van der Waals surface area contributed by atoms with Crippen molar-refractivity contribution in [3.8, 4) is 17.1 Å². The minimum Gasteiger partial charge on any atom is -0.322 e. The van der Waals surface area contributed by atoms with Crippen LogP contribution in [0.1, 0.15) is 154 Å². The summed E-state index contributed by atoms with van der Waals surface area (Å²) < 4.78 is 1.43. The number of hydrazine groups is 2. The van der Waals surface area contributed by atoms with Gasteiger partial charge in [0.2, 0.25) is 6.08 Å². The van der Waals surface area contributed by atoms with Crippen molar-refractivity contribution < 1.29 is 19.2 Å². The molecule has 0 aliphatic carbocycles. The number of aromatic nitrogens is 3. The van der Waals surface area contributed by atoms with Crippen LogP contribution in [0.3, 0.4) is 0 Å². The van der Waals surface area contributed by atoms with Crippen LogP contribution in [0.4, 0.5) is 16.2 Å². The molecule has 7 aromatic rings. The van der Waals surface area contributed by atoms with Gasteiger partial charge in [-0.1, -0.05) is 207 Å². The summed E-state index contributed by atoms with van der Waals surface area (Å²) in [5.74, 6) is -0.343. The van der Waals surface area contributed by atoms with Gasteiger partial charge in [0.1, 0.15) is 0 Å². The standard InChI is InChI=1S/C18H22N3O2P.C17H18N3OP.C10H9NO2.C9H14N2.6C2H6.I2/c1-4-13-7-5-9-15(11-13)21(19-2)18(23)20-17(22)14-8-6-10-16(12-14)24-3;1-3-12-6-4-8-14(10-12)20-17(21)18-16(19-20)13-7-5-9-15(11-13)22-2;1-2-8-4-3-5-9(6-8)10(13)11-7-12;1-3-8-5-4-6-9(7-8)11-10-2;7*1-2/h5-12,19,24H,4H2,1-3H3,(H,20,22,23);4-11,22H,3H2,1-2H3,(H,18,19,21);3-6H,2H2,1H3;4-7,10-11H,3H2,1-2H3;6*1-2H3;. The van der Waals surface area contributed by atoms with Crippen LogP contribution in [0.2, 0.25) is 0 Å². The zero-order valence-electron chi connectivity index (χ0n) is 53.8. The van der Waals surface area contributed by atoms with Crippen molar-refractivity contribution in [2.75, 3.05) is 37.9 Å². The number of carbonyl (C=O) groups excluding carboxylic acids is 4. The first kappa shape index (κ1) is 84.7. The van der Waals surface area contributed by atoms with Gasteiger partial charge in [-0.05, 0) is 139 Å². The number of imide groups is 1. The molecule has 18 heteroatoms. The smallest absolute Gasteiger partial charge is 0.322 e. The van der Waals surface area contributed by atoms with Gasteiger partial charge in [-0.2, -0.15) is 4.68 Å². The first-order chi connectivity index (χ1) is 40.9. The molecule has 84 heavy (non-hydrogen) atoms. The molecule has 6 aromatic carbocycles. The molecule has 14 nitrogen and oxygen atoms in total. The van der Waals surface area contributed by atoms with Crippen molar-refractivity contribution in [1.82, 2.24) is 30.9 Å². The van der Waals surface area contributed by atoms with Crippen LogP contribution >= 0.6 is 54.4 Å². The number of benzene rings is 6. The van der Waals surface area contributed by atoms with E-state index in [9.17, 15) is 24.0 Å². The van der Waals surface area contributed by atoms with E-state index in [1.807, 2.05) is 202 Å². The largest absolute Gasteiger partial charge is 0.348 e. The van der Waals surface area contributed by atoms with Crippen molar-refractivity contribution in [1.29, 1.82) is 0 Å². The third-order valence-corrected chi connectivity index (χ3v) is 12.4. The summed E-state index contributed by atoms with van der Waals surface area (Å²) in [4.78, 5) is 63.8. The molecule has 0 fully saturated rings. The Morgan fingerprint density at radius 1 is 0.595 bits per heavy atom. The van der Waals surface area contributed by atoms with Gasteiger partial charge in [0.15, 0.2) is 5.82 Å². The van der Waals surface area contributed by atoms with E-state index in [4.69, 9.17) is 0 Å². The van der Waals surface area contributed by atoms with Gasteiger partial charge >= 0.3 is 11.7 Å². The predicted molar refractivity (Wildman–Crippen MR) is 386 cm³/mol. The highest BCUT2D eigenvalue weighted by Gasteiger charge is 2.18. The lowest BCUT2D eigenvalue weighted by molar-refractivity contribution is 0.0963. The van der Waals surface area contributed by atoms with Crippen LogP contribution in [0.15, 0.2) is 155 Å². The molecule has 0 radical (unpaired) electrons. The quantitative estimate of drug-likeness (QED) is 0.0233. The normalized spacial score (nSPS) is 9.21. The van der Waals surface area contributed by atoms with E-state index in [-0.39, 0.29) is 5.69 Å². The maximum Gasteiger partial charge on any atom is 0.348 e. The summed E-state index contributed by atoms with van der Waals surface area (Å²) >= 11 is 4.24. The van der Waals surface area contributed by atoms with Gasteiger partial charge in [-0.3, -0.25) is 19.9 Å². The topological polar surface area (TPSA) is 183 Å². The minimum absolute atomic E-state index is 0.215. The lowest BCUT2D eigenvalue weighted by atomic mass is 10.1. The van der Waals surface area contributed by atoms with Crippen molar-refractivity contribution in [2.24, 2.45) is 4.99 Å². The van der Waals surface area contributed by atoms with Crippen molar-refractivity contribution in [3.63, 3.8) is 0 Å². The van der Waals surface area contributed by atoms with Crippen LogP contribution in [0, 0.1) is 0 Å². The van der Waals surface area contributed by atoms with Gasteiger partial charge < -0.3 is 5.43 Å². The Hall–Kier alpha value is -5.71. The van der Waals surface area contributed by atoms with Crippen LogP contribution < -0.4 is 42.9 Å². The molecule has 1 heterocycles. The molecule has 4 amide bonds. The highest BCUT2D eigenvalue weighted by Crippen LogP contribution is 2.18. The summed E-state index contributed by atoms with van der Waals surface area (Å²) in [6, 6.07) is 45.8. The van der Waals surface area contributed by atoms with Crippen LogP contribution in [0.25, 0.3) is 17.1 Å². The summed E-state index contributed by atoms with van der Waals surface area (Å²) in [6.07, 6.45) is 4.97. The zero-order valence-corrected chi connectivity index (χ0v) is 60.1. The van der Waals surface area contributed by atoms with Gasteiger partial charge in [0, 0.05) is 73.7 Å². The number of hydrogen-bond acceptors (Lipinski definition) is 9. The van der Waals surface area contributed by atoms with Crippen LogP contribution in [0.5, 0.6) is 0 Å². The van der Waals surface area contributed by atoms with Gasteiger partial charge in [-0.25, -0.2) is 30.2 Å². The maximum atomic E-state index is 12.4. The zero-order chi connectivity index (χ0) is 64.8. The summed E-state index contributed by atoms with van der Waals surface area (Å²) in [5, 5.41) is 10.5. The molecule has 0 saturated carbocycles. The molecule has 5 N–H and O–H groups in total. The minimum atomic E-state index is -0.537. The first-order valence-corrected chi connectivity index (χ1v) is 38.4. The number of rotatable bonds is 14. The lowest BCUT2D eigenvalue weighted by Crippen LogP contribution is -2.49. The predicted octanol–water partition coefficient (Wildman–Crippen LogP) is 16.8. The number of carbonyl (C=O) groups is 3. The number of nitrogens with zero attached hydrogens (tertiary/aromatic N) is 4. The summed E-state index contributed by atoms with van der Waals surface area (Å²) in [7, 11) is 4.82. The van der Waals surface area contributed by atoms with E-state index in [1.165, 1.54) is 32.2 Å². The Labute approximate surface area is 532 Å². The fourth-order valence-corrected chi connectivity index (χ4v) is 7.83. The second-order valence-corrected chi connectivity index (χ2v) is 17.4. The SMILES string of the molecule is CC.CC.CC.CC.CC.CC.CCc1cccc(-n2nc(-c3cccc(PC)c3)[nH]c2=O)c1.CCc1cccc(C(=O)N=C=O)c1.CCc1cccc(N(NC)C(=O)NC(=O)c2cccc(PC)c2)c1.CCc1cccc(NNC)c1.II. The third kappa shape index (κ3) is 33.1. The van der Waals surface area contributed by atoms with E-state index in [2.05, 4.69) is 125 Å². The van der Waals surface area contributed by atoms with Crippen LogP contribution in [-0.4, -0.2) is 66.1 Å². The maximum absolute atomic E-state index is 12.4. The Bertz CT molecular complexity index is 2930. The average Bonchev–Trinajstić information content (AvgIpc) is 4.23. The van der Waals surface area contributed by atoms with E-state index in [1.54, 1.807) is 31.3 Å². The number of hydrogen-bond donors (Lipinski definition) is 5. The van der Waals surface area contributed by atoms with E-state index >= 15 is 0 Å². The number of urea groups is 1. The number of aromatic amines is 1. The Morgan fingerprint density at radius 3 is 1.58 bits per heavy atom. The molecule has 0 aliphatic heterocycles. The first-order valence-electron chi connectivity index (χ1n) is 29.1. The molecule has 462 valence electrons. The molecule has 0 bridgehead atoms. The van der Waals surface area contributed by atoms with Gasteiger partial charge in [-0.15, -0.1) is 10.1 Å². The molecule has 1 aromatic heterocycles. The lowest BCUT2D eigenvalue weighted by Gasteiger charge is -2.22. The van der Waals surface area contributed by atoms with Crippen molar-refractivity contribution in [2.45, 2.75) is 136 Å². The Morgan fingerprint density at radius 2 is 1.06 bits per heavy atom. The molecule has 0 spiro atoms. The second-order valence-electron chi connectivity index (χ2n) is 15.2. The van der Waals surface area contributed by atoms with Crippen molar-refractivity contribution >= 4 is 100 Å². The molecule has 2 unspecified atom stereocenters. The molecular formula is C66H99I2N9O5P2. The van der Waals surface area contributed by atoms with Gasteiger partial charge in [0.25, 0.3) is 11.8 Å². The summed E-state index contributed by atoms with van der Waals surface area (Å²) in [5.41, 5.74) is 17.7. The number of aryl methyl sites for hydroxylation is 4. The number of H-pyrrole nitrogens is 1. The second kappa shape index (κ2) is 56.4. The van der Waals surface area contributed by atoms with Gasteiger partial charge in [0.05, 0.1) is 11.4 Å². The van der Waals surface area contributed by atoms with E-state index < -0.39 is 17.8 Å². The fraction of sp³-hybridized carbons (Fsp3) is 0.364. The number of isocyanates is 1.